The smallest absolute Gasteiger partial charge is 0.188 e. The third-order valence-corrected chi connectivity index (χ3v) is 9.70. The molecule has 2 atom stereocenters. The number of aliphatic imine (C=N–C) groups is 1. The number of aliphatic hydroxyl groups is 1. The second kappa shape index (κ2) is 17.6. The molecule has 6 N–H and O–H groups in total. The molecule has 0 saturated heterocycles. The molecule has 0 radical (unpaired) electrons. The zero-order valence-electron chi connectivity index (χ0n) is 29.4. The van der Waals surface area contributed by atoms with E-state index in [1.807, 2.05) is 0 Å². The normalized spacial score (nSPS) is 20.3. The number of ketones is 1. The zero-order chi connectivity index (χ0) is 34.8. The molecule has 10 heteroatoms. The Morgan fingerprint density at radius 2 is 1.92 bits per heavy atom. The van der Waals surface area contributed by atoms with Crippen LogP contribution in [0.1, 0.15) is 93.0 Å². The predicted molar refractivity (Wildman–Crippen MR) is 191 cm³/mol. The number of aryl methyl sites for hydroxylation is 2. The third-order valence-electron chi connectivity index (χ3n) is 9.70. The number of carbonyl (C=O) groups is 1. The van der Waals surface area contributed by atoms with Crippen molar-refractivity contribution in [1.29, 1.82) is 0 Å². The SMILES string of the molecule is COc1c(O)ccc2c1C#CCc1cc(c3c(c1OCNC1CCCC1)OCC(CCNC(N)=NCC(C)C)C3)CCC(O)CC(=O)CC2. The van der Waals surface area contributed by atoms with Crippen molar-refractivity contribution in [2.24, 2.45) is 22.6 Å². The Morgan fingerprint density at radius 3 is 2.69 bits per heavy atom. The topological polar surface area (TPSA) is 148 Å². The van der Waals surface area contributed by atoms with Crippen LogP contribution in [0.3, 0.4) is 0 Å². The van der Waals surface area contributed by atoms with Crippen molar-refractivity contribution in [3.8, 4) is 34.8 Å². The van der Waals surface area contributed by atoms with Crippen molar-refractivity contribution in [2.45, 2.75) is 103 Å². The van der Waals surface area contributed by atoms with Gasteiger partial charge in [-0.15, -0.1) is 0 Å². The first-order valence-electron chi connectivity index (χ1n) is 18.0. The standard InChI is InChI=1S/C39H54N4O6/c1-25(2)22-42-39(40)41-18-17-26-19-34-28-12-15-32(45)21-31(44)14-11-27-13-16-35(46)37(47-3)33(27)10-6-7-29(20-28)36(38(34)48-23-26)49-24-43-30-8-4-5-9-30/h13,16,20,25-26,30,32,43,45-46H,4-5,7-9,11-12,14-15,17-19,21-24H2,1-3H3,(H3,40,41,42). The lowest BCUT2D eigenvalue weighted by Gasteiger charge is -2.30. The molecule has 2 aromatic carbocycles. The number of guanidine groups is 1. The number of phenolic OH excluding ortho intramolecular Hbond substituents is 1. The molecule has 2 aromatic rings. The molecule has 0 amide bonds. The average molecular weight is 675 g/mol. The van der Waals surface area contributed by atoms with Crippen LogP contribution in [0.2, 0.25) is 0 Å². The molecule has 3 aliphatic rings. The maximum atomic E-state index is 12.9. The summed E-state index contributed by atoms with van der Waals surface area (Å²) in [7, 11) is 1.50. The number of carbonyl (C=O) groups excluding carboxylic acids is 1. The van der Waals surface area contributed by atoms with Crippen molar-refractivity contribution < 1.29 is 29.2 Å². The van der Waals surface area contributed by atoms with Gasteiger partial charge in [0.25, 0.3) is 0 Å². The minimum atomic E-state index is -0.758. The van der Waals surface area contributed by atoms with Gasteiger partial charge >= 0.3 is 0 Å². The van der Waals surface area contributed by atoms with Crippen LogP contribution in [-0.4, -0.2) is 67.6 Å². The van der Waals surface area contributed by atoms with Crippen LogP contribution in [0, 0.1) is 23.7 Å². The summed E-state index contributed by atoms with van der Waals surface area (Å²) in [6, 6.07) is 5.95. The van der Waals surface area contributed by atoms with E-state index in [0.29, 0.717) is 87.1 Å². The number of aliphatic hydroxyl groups excluding tert-OH is 1. The summed E-state index contributed by atoms with van der Waals surface area (Å²) in [4.78, 5) is 17.3. The Morgan fingerprint density at radius 1 is 1.10 bits per heavy atom. The molecule has 1 aliphatic heterocycles. The Hall–Kier alpha value is -3.94. The number of ether oxygens (including phenoxy) is 3. The minimum Gasteiger partial charge on any atom is -0.504 e. The van der Waals surface area contributed by atoms with Gasteiger partial charge < -0.3 is 35.5 Å². The highest BCUT2D eigenvalue weighted by atomic mass is 16.5. The molecular formula is C39H54N4O6. The molecule has 49 heavy (non-hydrogen) atoms. The first-order chi connectivity index (χ1) is 23.7. The van der Waals surface area contributed by atoms with Crippen molar-refractivity contribution in [3.63, 3.8) is 0 Å². The van der Waals surface area contributed by atoms with Crippen LogP contribution in [0.5, 0.6) is 23.0 Å². The molecule has 1 fully saturated rings. The van der Waals surface area contributed by atoms with E-state index in [9.17, 15) is 15.0 Å². The van der Waals surface area contributed by atoms with Crippen LogP contribution in [-0.2, 0) is 30.5 Å². The van der Waals surface area contributed by atoms with E-state index in [2.05, 4.69) is 47.4 Å². The number of Topliss-reactive ketones (excluding diaryl/α,β-unsaturated/α-hetero) is 1. The summed E-state index contributed by atoms with van der Waals surface area (Å²) in [5, 5.41) is 28.3. The van der Waals surface area contributed by atoms with Gasteiger partial charge in [0.1, 0.15) is 12.5 Å². The first kappa shape index (κ1) is 36.3. The summed E-state index contributed by atoms with van der Waals surface area (Å²) in [5.74, 6) is 9.46. The Bertz CT molecular complexity index is 1540. The van der Waals surface area contributed by atoms with Crippen molar-refractivity contribution in [2.75, 3.05) is 33.5 Å². The Kier molecular flexibility index (Phi) is 13.1. The van der Waals surface area contributed by atoms with Gasteiger partial charge in [-0.05, 0) is 74.0 Å². The Balaban J connectivity index is 1.47. The number of nitrogens with zero attached hydrogens (tertiary/aromatic N) is 1. The fourth-order valence-corrected chi connectivity index (χ4v) is 6.97. The molecule has 266 valence electrons. The highest BCUT2D eigenvalue weighted by Crippen LogP contribution is 2.43. The number of nitrogens with two attached hydrogens (primary N) is 1. The average Bonchev–Trinajstić information content (AvgIpc) is 3.60. The highest BCUT2D eigenvalue weighted by molar-refractivity contribution is 5.79. The zero-order valence-corrected chi connectivity index (χ0v) is 29.4. The maximum Gasteiger partial charge on any atom is 0.188 e. The number of hydrogen-bond acceptors (Lipinski definition) is 8. The van der Waals surface area contributed by atoms with Gasteiger partial charge in [0.2, 0.25) is 0 Å². The van der Waals surface area contributed by atoms with Crippen LogP contribution in [0.25, 0.3) is 0 Å². The molecule has 2 unspecified atom stereocenters. The number of fused-ring (bicyclic) bond motifs is 5. The van der Waals surface area contributed by atoms with Crippen molar-refractivity contribution >= 4 is 11.7 Å². The fourth-order valence-electron chi connectivity index (χ4n) is 6.97. The number of aromatic hydroxyl groups is 1. The maximum absolute atomic E-state index is 12.9. The van der Waals surface area contributed by atoms with Crippen LogP contribution < -0.4 is 30.6 Å². The number of hydrogen-bond donors (Lipinski definition) is 5. The summed E-state index contributed by atoms with van der Waals surface area (Å²) < 4.78 is 18.6. The number of methoxy groups -OCH3 is 1. The number of phenols is 1. The minimum absolute atomic E-state index is 0.00280. The van der Waals surface area contributed by atoms with E-state index < -0.39 is 6.10 Å². The number of nitrogens with one attached hydrogen (secondary N) is 2. The highest BCUT2D eigenvalue weighted by Gasteiger charge is 2.29. The summed E-state index contributed by atoms with van der Waals surface area (Å²) >= 11 is 0. The monoisotopic (exact) mass is 674 g/mol. The Labute approximate surface area is 291 Å². The molecule has 0 spiro atoms. The van der Waals surface area contributed by atoms with Crippen LogP contribution in [0.15, 0.2) is 23.2 Å². The van der Waals surface area contributed by atoms with Gasteiger partial charge in [-0.1, -0.05) is 50.7 Å². The lowest BCUT2D eigenvalue weighted by atomic mass is 9.86. The van der Waals surface area contributed by atoms with Gasteiger partial charge in [-0.2, -0.15) is 0 Å². The van der Waals surface area contributed by atoms with Crippen LogP contribution in [0.4, 0.5) is 0 Å². The fraction of sp³-hybridized carbons (Fsp3) is 0.590. The van der Waals surface area contributed by atoms with E-state index in [4.69, 9.17) is 19.9 Å². The molecule has 1 saturated carbocycles. The van der Waals surface area contributed by atoms with Gasteiger partial charge in [-0.3, -0.25) is 15.1 Å². The molecule has 0 aromatic heterocycles. The number of rotatable bonds is 10. The van der Waals surface area contributed by atoms with E-state index in [1.54, 1.807) is 12.1 Å². The second-order valence-corrected chi connectivity index (χ2v) is 14.1. The van der Waals surface area contributed by atoms with E-state index in [1.165, 1.54) is 20.0 Å². The first-order valence-corrected chi connectivity index (χ1v) is 18.0. The third kappa shape index (κ3) is 10.1. The second-order valence-electron chi connectivity index (χ2n) is 14.1. The lowest BCUT2D eigenvalue weighted by Crippen LogP contribution is -2.35. The summed E-state index contributed by atoms with van der Waals surface area (Å²) in [6.07, 6.45) is 7.89. The van der Waals surface area contributed by atoms with Gasteiger partial charge in [0, 0.05) is 49.5 Å². The summed E-state index contributed by atoms with van der Waals surface area (Å²) in [5.41, 5.74) is 10.6. The quantitative estimate of drug-likeness (QED) is 0.106. The van der Waals surface area contributed by atoms with E-state index in [0.717, 1.165) is 53.7 Å². The molecular weight excluding hydrogens is 620 g/mol. The van der Waals surface area contributed by atoms with Crippen LogP contribution >= 0.6 is 0 Å². The molecule has 5 rings (SSSR count). The lowest BCUT2D eigenvalue weighted by molar-refractivity contribution is -0.121. The largest absolute Gasteiger partial charge is 0.504 e. The van der Waals surface area contributed by atoms with E-state index in [-0.39, 0.29) is 30.3 Å². The van der Waals surface area contributed by atoms with Gasteiger partial charge in [-0.25, -0.2) is 0 Å². The molecule has 2 aliphatic carbocycles. The van der Waals surface area contributed by atoms with Gasteiger partial charge in [0.15, 0.2) is 29.0 Å². The predicted octanol–water partition coefficient (Wildman–Crippen LogP) is 4.56. The molecule has 10 nitrogen and oxygen atoms in total. The molecule has 1 heterocycles. The summed E-state index contributed by atoms with van der Waals surface area (Å²) in [6.45, 7) is 6.51. The van der Waals surface area contributed by atoms with Crippen molar-refractivity contribution in [1.82, 2.24) is 10.6 Å². The van der Waals surface area contributed by atoms with Gasteiger partial charge in [0.05, 0.1) is 25.4 Å². The van der Waals surface area contributed by atoms with Crippen molar-refractivity contribution in [3.05, 3.63) is 46.0 Å². The number of benzene rings is 2. The van der Waals surface area contributed by atoms with E-state index >= 15 is 0 Å². The molecule has 2 bridgehead atoms.